The molecule has 0 amide bonds. The maximum absolute atomic E-state index is 7.29. The molecular weight excluding hydrogens is 695 g/mol. The molecule has 0 N–H and O–H groups in total. The summed E-state index contributed by atoms with van der Waals surface area (Å²) in [7, 11) is 0. The second-order valence-corrected chi connectivity index (χ2v) is 14.4. The van der Waals surface area contributed by atoms with Crippen LogP contribution in [0.5, 0.6) is 0 Å². The van der Waals surface area contributed by atoms with Crippen molar-refractivity contribution >= 4 is 60.9 Å². The Morgan fingerprint density at radius 1 is 0.316 bits per heavy atom. The van der Waals surface area contributed by atoms with Gasteiger partial charge in [0.25, 0.3) is 0 Å². The molecule has 2 aromatic heterocycles. The number of anilines is 3. The molecule has 3 nitrogen and oxygen atoms in total. The predicted molar refractivity (Wildman–Crippen MR) is 237 cm³/mol. The number of fused-ring (bicyclic) bond motifs is 6. The lowest BCUT2D eigenvalue weighted by atomic mass is 9.95. The van der Waals surface area contributed by atoms with Crippen molar-refractivity contribution in [2.75, 3.05) is 4.90 Å². The second-order valence-electron chi connectivity index (χ2n) is 14.4. The summed E-state index contributed by atoms with van der Waals surface area (Å²) in [6.45, 7) is 0. The lowest BCUT2D eigenvalue weighted by Gasteiger charge is -2.28. The van der Waals surface area contributed by atoms with Gasteiger partial charge >= 0.3 is 0 Å². The minimum absolute atomic E-state index is 0.807. The summed E-state index contributed by atoms with van der Waals surface area (Å²) in [5, 5.41) is 4.15. The molecule has 0 radical (unpaired) electrons. The van der Waals surface area contributed by atoms with Crippen molar-refractivity contribution in [2.24, 2.45) is 0 Å². The molecule has 2 heterocycles. The zero-order chi connectivity index (χ0) is 37.7. The van der Waals surface area contributed by atoms with Gasteiger partial charge in [0.2, 0.25) is 0 Å². The number of nitrogens with zero attached hydrogens (tertiary/aromatic N) is 1. The zero-order valence-electron chi connectivity index (χ0n) is 31.0. The summed E-state index contributed by atoms with van der Waals surface area (Å²) < 4.78 is 13.9. The van der Waals surface area contributed by atoms with E-state index in [0.29, 0.717) is 0 Å². The lowest BCUT2D eigenvalue weighted by molar-refractivity contribution is 0.665. The van der Waals surface area contributed by atoms with E-state index in [-0.39, 0.29) is 0 Å². The fourth-order valence-electron chi connectivity index (χ4n) is 8.40. The highest BCUT2D eigenvalue weighted by Gasteiger charge is 2.25. The van der Waals surface area contributed by atoms with E-state index in [1.807, 2.05) is 12.1 Å². The average Bonchev–Trinajstić information content (AvgIpc) is 3.86. The molecule has 11 rings (SSSR count). The molecule has 0 aliphatic heterocycles. The molecule has 0 unspecified atom stereocenters. The minimum atomic E-state index is 0.807. The molecule has 0 aliphatic carbocycles. The number of benzene rings is 9. The van der Waals surface area contributed by atoms with Gasteiger partial charge in [-0.1, -0.05) is 176 Å². The van der Waals surface area contributed by atoms with E-state index < -0.39 is 0 Å². The van der Waals surface area contributed by atoms with Crippen LogP contribution in [0.4, 0.5) is 17.1 Å². The molecule has 0 saturated carbocycles. The van der Waals surface area contributed by atoms with Crippen LogP contribution in [0.1, 0.15) is 0 Å². The highest BCUT2D eigenvalue weighted by atomic mass is 16.3. The Hall–Kier alpha value is -7.62. The molecule has 0 saturated heterocycles. The Labute approximate surface area is 330 Å². The van der Waals surface area contributed by atoms with E-state index in [1.165, 1.54) is 11.1 Å². The van der Waals surface area contributed by atoms with Crippen molar-refractivity contribution < 1.29 is 8.83 Å². The maximum Gasteiger partial charge on any atom is 0.159 e. The van der Waals surface area contributed by atoms with Crippen LogP contribution in [0, 0.1) is 0 Å². The number of hydrogen-bond donors (Lipinski definition) is 0. The van der Waals surface area contributed by atoms with Crippen LogP contribution >= 0.6 is 0 Å². The summed E-state index contributed by atoms with van der Waals surface area (Å²) in [4.78, 5) is 2.34. The molecule has 0 atom stereocenters. The van der Waals surface area contributed by atoms with E-state index in [9.17, 15) is 0 Å². The third-order valence-corrected chi connectivity index (χ3v) is 11.1. The summed E-state index contributed by atoms with van der Waals surface area (Å²) in [6.07, 6.45) is 0. The normalized spacial score (nSPS) is 11.5. The van der Waals surface area contributed by atoms with Gasteiger partial charge in [0.1, 0.15) is 16.7 Å². The lowest BCUT2D eigenvalue weighted by Crippen LogP contribution is -2.11. The van der Waals surface area contributed by atoms with Crippen LogP contribution in [0.2, 0.25) is 0 Å². The van der Waals surface area contributed by atoms with Crippen LogP contribution in [0.25, 0.3) is 88.4 Å². The molecule has 11 aromatic rings. The third-order valence-electron chi connectivity index (χ3n) is 11.1. The van der Waals surface area contributed by atoms with Crippen molar-refractivity contribution in [1.29, 1.82) is 0 Å². The largest absolute Gasteiger partial charge is 0.456 e. The Morgan fingerprint density at radius 3 is 1.54 bits per heavy atom. The highest BCUT2D eigenvalue weighted by molar-refractivity contribution is 6.24. The summed E-state index contributed by atoms with van der Waals surface area (Å²) >= 11 is 0. The fourth-order valence-corrected chi connectivity index (χ4v) is 8.40. The van der Waals surface area contributed by atoms with E-state index in [4.69, 9.17) is 8.83 Å². The first-order chi connectivity index (χ1) is 28.3. The Bertz CT molecular complexity index is 3200. The first-order valence-electron chi connectivity index (χ1n) is 19.3. The molecule has 0 aliphatic rings. The van der Waals surface area contributed by atoms with Crippen LogP contribution in [-0.4, -0.2) is 0 Å². The molecule has 57 heavy (non-hydrogen) atoms. The minimum Gasteiger partial charge on any atom is -0.456 e. The van der Waals surface area contributed by atoms with Crippen LogP contribution in [0.15, 0.2) is 221 Å². The van der Waals surface area contributed by atoms with Crippen molar-refractivity contribution in [2.45, 2.75) is 0 Å². The number of furan rings is 2. The van der Waals surface area contributed by atoms with E-state index >= 15 is 0 Å². The Kier molecular flexibility index (Phi) is 7.82. The highest BCUT2D eigenvalue weighted by Crippen LogP contribution is 2.49. The second kappa shape index (κ2) is 13.6. The van der Waals surface area contributed by atoms with Gasteiger partial charge in [-0.15, -0.1) is 0 Å². The zero-order valence-corrected chi connectivity index (χ0v) is 31.0. The van der Waals surface area contributed by atoms with Crippen LogP contribution in [-0.2, 0) is 0 Å². The summed E-state index contributed by atoms with van der Waals surface area (Å²) in [5.41, 5.74) is 15.4. The van der Waals surface area contributed by atoms with E-state index in [2.05, 4.69) is 205 Å². The van der Waals surface area contributed by atoms with Gasteiger partial charge in [-0.25, -0.2) is 0 Å². The van der Waals surface area contributed by atoms with Crippen LogP contribution < -0.4 is 4.90 Å². The molecule has 0 bridgehead atoms. The quantitative estimate of drug-likeness (QED) is 0.164. The maximum atomic E-state index is 7.29. The Morgan fingerprint density at radius 2 is 0.842 bits per heavy atom. The van der Waals surface area contributed by atoms with Gasteiger partial charge in [-0.05, 0) is 69.8 Å². The van der Waals surface area contributed by atoms with E-state index in [0.717, 1.165) is 94.3 Å². The molecule has 3 heteroatoms. The first-order valence-corrected chi connectivity index (χ1v) is 19.3. The van der Waals surface area contributed by atoms with Crippen molar-refractivity contribution in [3.8, 4) is 44.5 Å². The average molecular weight is 730 g/mol. The SMILES string of the molecule is c1ccc(-c2ccc(-c3c4oc5c(N(c6ccc(-c7ccccc7)cc6)c6ccccc6-c6ccccc6)cccc5c4cc4oc5ccccc5c34)cc2)cc1. The van der Waals surface area contributed by atoms with Gasteiger partial charge in [-0.3, -0.25) is 0 Å². The van der Waals surface area contributed by atoms with Gasteiger partial charge < -0.3 is 13.7 Å². The third kappa shape index (κ3) is 5.60. The van der Waals surface area contributed by atoms with Crippen molar-refractivity contribution in [3.05, 3.63) is 212 Å². The molecule has 268 valence electrons. The van der Waals surface area contributed by atoms with Gasteiger partial charge in [0.15, 0.2) is 5.58 Å². The summed E-state index contributed by atoms with van der Waals surface area (Å²) in [6, 6.07) is 74.9. The van der Waals surface area contributed by atoms with Crippen molar-refractivity contribution in [1.82, 2.24) is 0 Å². The number of rotatable bonds is 7. The first kappa shape index (κ1) is 32.8. The van der Waals surface area contributed by atoms with Crippen molar-refractivity contribution in [3.63, 3.8) is 0 Å². The topological polar surface area (TPSA) is 29.5 Å². The summed E-state index contributed by atoms with van der Waals surface area (Å²) in [5.74, 6) is 0. The number of hydrogen-bond acceptors (Lipinski definition) is 3. The molecule has 0 fully saturated rings. The van der Waals surface area contributed by atoms with Gasteiger partial charge in [0, 0.05) is 38.4 Å². The van der Waals surface area contributed by atoms with E-state index in [1.54, 1.807) is 0 Å². The number of para-hydroxylation sites is 3. The smallest absolute Gasteiger partial charge is 0.159 e. The molecule has 9 aromatic carbocycles. The standard InChI is InChI=1S/C54H35NO2/c1-4-15-36(16-5-1)38-27-29-41(30-28-38)51-52-45-22-11-13-26-49(45)56-50(52)35-46-44-23-14-25-48(53(44)57-54(46)51)55(42-33-31-39(32-34-42)37-17-6-2-7-18-37)47-24-12-10-21-43(47)40-19-8-3-9-20-40/h1-35H. The van der Waals surface area contributed by atoms with Gasteiger partial charge in [-0.2, -0.15) is 0 Å². The monoisotopic (exact) mass is 729 g/mol. The Balaban J connectivity index is 1.17. The van der Waals surface area contributed by atoms with Crippen LogP contribution in [0.3, 0.4) is 0 Å². The molecule has 0 spiro atoms. The van der Waals surface area contributed by atoms with Gasteiger partial charge in [0.05, 0.1) is 11.4 Å². The predicted octanol–water partition coefficient (Wildman–Crippen LogP) is 15.6. The fraction of sp³-hybridized carbons (Fsp3) is 0. The molecular formula is C54H35NO2.